The standard InChI is InChI=1S/C9H7BrF5N.ClH/c10-6-2-1-4(9(13,14)15)3-5(6)7(16)8(11)12;/h1-3,7-8H,16H2;1H/t7-;/m1./s1. The summed E-state index contributed by atoms with van der Waals surface area (Å²) in [7, 11) is 0. The van der Waals surface area contributed by atoms with Crippen LogP contribution in [0.1, 0.15) is 17.2 Å². The van der Waals surface area contributed by atoms with Crippen LogP contribution in [0.3, 0.4) is 0 Å². The van der Waals surface area contributed by atoms with Gasteiger partial charge in [0.2, 0.25) is 0 Å². The molecule has 0 unspecified atom stereocenters. The van der Waals surface area contributed by atoms with E-state index in [-0.39, 0.29) is 22.4 Å². The van der Waals surface area contributed by atoms with E-state index in [1.165, 1.54) is 0 Å². The molecule has 1 aromatic rings. The third-order valence-electron chi connectivity index (χ3n) is 1.95. The molecule has 17 heavy (non-hydrogen) atoms. The summed E-state index contributed by atoms with van der Waals surface area (Å²) < 4.78 is 61.7. The van der Waals surface area contributed by atoms with E-state index < -0.39 is 24.2 Å². The fraction of sp³-hybridized carbons (Fsp3) is 0.333. The summed E-state index contributed by atoms with van der Waals surface area (Å²) in [5.74, 6) is 0. The lowest BCUT2D eigenvalue weighted by atomic mass is 10.0. The number of nitrogens with two attached hydrogens (primary N) is 1. The molecule has 0 radical (unpaired) electrons. The molecule has 1 atom stereocenters. The van der Waals surface area contributed by atoms with Crippen molar-refractivity contribution >= 4 is 28.3 Å². The Morgan fingerprint density at radius 1 is 1.18 bits per heavy atom. The zero-order valence-corrected chi connectivity index (χ0v) is 10.5. The Balaban J connectivity index is 0.00000256. The van der Waals surface area contributed by atoms with Gasteiger partial charge in [0.05, 0.1) is 11.6 Å². The summed E-state index contributed by atoms with van der Waals surface area (Å²) in [4.78, 5) is 0. The van der Waals surface area contributed by atoms with E-state index in [1.807, 2.05) is 0 Å². The first-order chi connectivity index (χ1) is 7.23. The molecule has 0 bridgehead atoms. The maximum Gasteiger partial charge on any atom is 0.416 e. The SMILES string of the molecule is Cl.N[C@H](c1cc(C(F)(F)F)ccc1Br)C(F)F. The number of halogens is 7. The Labute approximate surface area is 109 Å². The molecule has 0 spiro atoms. The molecule has 0 saturated carbocycles. The van der Waals surface area contributed by atoms with E-state index in [9.17, 15) is 22.0 Å². The van der Waals surface area contributed by atoms with Crippen LogP contribution in [-0.2, 0) is 6.18 Å². The number of rotatable bonds is 2. The lowest BCUT2D eigenvalue weighted by Gasteiger charge is -2.15. The molecular weight excluding hydrogens is 332 g/mol. The summed E-state index contributed by atoms with van der Waals surface area (Å²) in [5.41, 5.74) is 3.85. The van der Waals surface area contributed by atoms with Crippen LogP contribution in [0.25, 0.3) is 0 Å². The monoisotopic (exact) mass is 339 g/mol. The van der Waals surface area contributed by atoms with Gasteiger partial charge in [-0.05, 0) is 23.8 Å². The molecule has 1 rings (SSSR count). The van der Waals surface area contributed by atoms with Gasteiger partial charge in [0, 0.05) is 4.47 Å². The molecular formula is C9H8BrClF5N. The third kappa shape index (κ3) is 4.08. The van der Waals surface area contributed by atoms with Crippen LogP contribution in [0, 0.1) is 0 Å². The molecule has 0 fully saturated rings. The Morgan fingerprint density at radius 2 is 1.71 bits per heavy atom. The second-order valence-electron chi connectivity index (χ2n) is 3.09. The van der Waals surface area contributed by atoms with Crippen molar-refractivity contribution in [2.24, 2.45) is 5.73 Å². The first kappa shape index (κ1) is 16.6. The smallest absolute Gasteiger partial charge is 0.319 e. The maximum atomic E-state index is 12.3. The van der Waals surface area contributed by atoms with Crippen molar-refractivity contribution in [3.05, 3.63) is 33.8 Å². The Morgan fingerprint density at radius 3 is 2.12 bits per heavy atom. The van der Waals surface area contributed by atoms with Gasteiger partial charge < -0.3 is 5.73 Å². The van der Waals surface area contributed by atoms with Crippen molar-refractivity contribution in [2.45, 2.75) is 18.6 Å². The normalized spacial score (nSPS) is 13.4. The first-order valence-electron chi connectivity index (χ1n) is 4.14. The minimum Gasteiger partial charge on any atom is -0.319 e. The van der Waals surface area contributed by atoms with Gasteiger partial charge in [-0.15, -0.1) is 12.4 Å². The zero-order valence-electron chi connectivity index (χ0n) is 8.14. The fourth-order valence-electron chi connectivity index (χ4n) is 1.11. The molecule has 0 saturated heterocycles. The molecule has 0 aromatic heterocycles. The fourth-order valence-corrected chi connectivity index (χ4v) is 1.62. The van der Waals surface area contributed by atoms with Crippen LogP contribution in [0.5, 0.6) is 0 Å². The predicted octanol–water partition coefficient (Wildman–Crippen LogP) is 4.15. The molecule has 1 nitrogen and oxygen atoms in total. The summed E-state index contributed by atoms with van der Waals surface area (Å²) in [6.07, 6.45) is -7.49. The average Bonchev–Trinajstić information content (AvgIpc) is 2.15. The van der Waals surface area contributed by atoms with Gasteiger partial charge in [-0.2, -0.15) is 13.2 Å². The molecule has 98 valence electrons. The van der Waals surface area contributed by atoms with Crippen LogP contribution >= 0.6 is 28.3 Å². The Bertz CT molecular complexity index is 382. The lowest BCUT2D eigenvalue weighted by Crippen LogP contribution is -2.20. The quantitative estimate of drug-likeness (QED) is 0.804. The van der Waals surface area contributed by atoms with Crippen molar-refractivity contribution in [2.75, 3.05) is 0 Å². The van der Waals surface area contributed by atoms with E-state index in [0.717, 1.165) is 12.1 Å². The van der Waals surface area contributed by atoms with Crippen LogP contribution in [-0.4, -0.2) is 6.43 Å². The van der Waals surface area contributed by atoms with Crippen LogP contribution in [0.4, 0.5) is 22.0 Å². The van der Waals surface area contributed by atoms with Crippen molar-refractivity contribution in [1.29, 1.82) is 0 Å². The van der Waals surface area contributed by atoms with Crippen molar-refractivity contribution in [3.63, 3.8) is 0 Å². The molecule has 8 heteroatoms. The summed E-state index contributed by atoms with van der Waals surface area (Å²) >= 11 is 2.89. The Hall–Kier alpha value is -0.400. The molecule has 0 amide bonds. The van der Waals surface area contributed by atoms with Crippen molar-refractivity contribution in [3.8, 4) is 0 Å². The summed E-state index contributed by atoms with van der Waals surface area (Å²) in [6, 6.07) is 0.740. The minimum atomic E-state index is -4.57. The number of hydrogen-bond donors (Lipinski definition) is 1. The van der Waals surface area contributed by atoms with Crippen LogP contribution in [0.15, 0.2) is 22.7 Å². The first-order valence-corrected chi connectivity index (χ1v) is 4.93. The second kappa shape index (κ2) is 5.97. The van der Waals surface area contributed by atoms with E-state index in [0.29, 0.717) is 6.07 Å². The van der Waals surface area contributed by atoms with Crippen molar-refractivity contribution in [1.82, 2.24) is 0 Å². The van der Waals surface area contributed by atoms with E-state index in [1.54, 1.807) is 0 Å². The lowest BCUT2D eigenvalue weighted by molar-refractivity contribution is -0.137. The highest BCUT2D eigenvalue weighted by molar-refractivity contribution is 9.10. The summed E-state index contributed by atoms with van der Waals surface area (Å²) in [6.45, 7) is 0. The molecule has 0 heterocycles. The second-order valence-corrected chi connectivity index (χ2v) is 3.95. The van der Waals surface area contributed by atoms with Gasteiger partial charge in [-0.3, -0.25) is 0 Å². The Kier molecular flexibility index (Phi) is 5.83. The highest BCUT2D eigenvalue weighted by Crippen LogP contribution is 2.34. The molecule has 1 aromatic carbocycles. The van der Waals surface area contributed by atoms with Crippen LogP contribution in [0.2, 0.25) is 0 Å². The van der Waals surface area contributed by atoms with E-state index in [2.05, 4.69) is 15.9 Å². The van der Waals surface area contributed by atoms with E-state index >= 15 is 0 Å². The minimum absolute atomic E-state index is 0. The highest BCUT2D eigenvalue weighted by Gasteiger charge is 2.32. The zero-order chi connectivity index (χ0) is 12.5. The summed E-state index contributed by atoms with van der Waals surface area (Å²) in [5, 5.41) is 0. The van der Waals surface area contributed by atoms with Gasteiger partial charge >= 0.3 is 6.18 Å². The van der Waals surface area contributed by atoms with Crippen molar-refractivity contribution < 1.29 is 22.0 Å². The largest absolute Gasteiger partial charge is 0.416 e. The predicted molar refractivity (Wildman–Crippen MR) is 59.3 cm³/mol. The molecule has 0 aliphatic rings. The number of alkyl halides is 5. The van der Waals surface area contributed by atoms with Gasteiger partial charge in [0.15, 0.2) is 0 Å². The van der Waals surface area contributed by atoms with E-state index in [4.69, 9.17) is 5.73 Å². The average molecular weight is 341 g/mol. The van der Waals surface area contributed by atoms with Crippen LogP contribution < -0.4 is 5.73 Å². The van der Waals surface area contributed by atoms with Gasteiger partial charge in [0.25, 0.3) is 6.43 Å². The van der Waals surface area contributed by atoms with Gasteiger partial charge in [-0.1, -0.05) is 15.9 Å². The topological polar surface area (TPSA) is 26.0 Å². The van der Waals surface area contributed by atoms with Gasteiger partial charge in [-0.25, -0.2) is 8.78 Å². The number of benzene rings is 1. The number of hydrogen-bond acceptors (Lipinski definition) is 1. The highest BCUT2D eigenvalue weighted by atomic mass is 79.9. The van der Waals surface area contributed by atoms with Gasteiger partial charge in [0.1, 0.15) is 0 Å². The molecule has 0 aliphatic heterocycles. The maximum absolute atomic E-state index is 12.3. The molecule has 2 N–H and O–H groups in total. The molecule has 0 aliphatic carbocycles. The third-order valence-corrected chi connectivity index (χ3v) is 2.68.